The Hall–Kier alpha value is -0.570. The first-order valence-corrected chi connectivity index (χ1v) is 8.13. The smallest absolute Gasteiger partial charge is 0.306 e. The zero-order valence-electron chi connectivity index (χ0n) is 12.2. The molecule has 2 fully saturated rings. The van der Waals surface area contributed by atoms with Gasteiger partial charge < -0.3 is 10.4 Å². The fraction of sp³-hybridized carbons (Fsp3) is 0.938. The normalized spacial score (nSPS) is 36.1. The lowest BCUT2D eigenvalue weighted by atomic mass is 9.78. The number of carboxylic acids is 1. The Labute approximate surface area is 117 Å². The Morgan fingerprint density at radius 1 is 1.11 bits per heavy atom. The minimum atomic E-state index is -0.602. The van der Waals surface area contributed by atoms with Crippen molar-refractivity contribution in [1.82, 2.24) is 5.32 Å². The third-order valence-electron chi connectivity index (χ3n) is 5.31. The lowest BCUT2D eigenvalue weighted by molar-refractivity contribution is -0.142. The van der Waals surface area contributed by atoms with Gasteiger partial charge in [0.1, 0.15) is 0 Å². The van der Waals surface area contributed by atoms with Crippen molar-refractivity contribution in [1.29, 1.82) is 0 Å². The van der Waals surface area contributed by atoms with Crippen molar-refractivity contribution in [2.45, 2.75) is 70.8 Å². The van der Waals surface area contributed by atoms with Crippen molar-refractivity contribution in [3.05, 3.63) is 0 Å². The monoisotopic (exact) mass is 267 g/mol. The molecule has 0 bridgehead atoms. The van der Waals surface area contributed by atoms with Gasteiger partial charge in [0.05, 0.1) is 5.92 Å². The van der Waals surface area contributed by atoms with E-state index in [1.807, 2.05) is 0 Å². The summed E-state index contributed by atoms with van der Waals surface area (Å²) in [6, 6.07) is 0.564. The van der Waals surface area contributed by atoms with Crippen LogP contribution in [0, 0.1) is 17.8 Å². The van der Waals surface area contributed by atoms with Crippen LogP contribution in [0.25, 0.3) is 0 Å². The van der Waals surface area contributed by atoms with E-state index < -0.39 is 5.97 Å². The first-order valence-electron chi connectivity index (χ1n) is 8.13. The fourth-order valence-corrected chi connectivity index (χ4v) is 3.84. The van der Waals surface area contributed by atoms with Crippen molar-refractivity contribution >= 4 is 5.97 Å². The Kier molecular flexibility index (Phi) is 5.68. The van der Waals surface area contributed by atoms with E-state index in [2.05, 4.69) is 12.2 Å². The van der Waals surface area contributed by atoms with Gasteiger partial charge in [0.15, 0.2) is 0 Å². The van der Waals surface area contributed by atoms with Gasteiger partial charge in [-0.25, -0.2) is 0 Å². The number of nitrogens with one attached hydrogen (secondary N) is 1. The second-order valence-electron chi connectivity index (χ2n) is 6.65. The molecule has 0 aromatic heterocycles. The highest BCUT2D eigenvalue weighted by Gasteiger charge is 2.26. The SMILES string of the molecule is CC1CCCCC1CCNC1CCC(C(=O)O)CC1. The van der Waals surface area contributed by atoms with Gasteiger partial charge in [-0.3, -0.25) is 4.79 Å². The van der Waals surface area contributed by atoms with E-state index in [0.717, 1.165) is 44.1 Å². The van der Waals surface area contributed by atoms with E-state index in [-0.39, 0.29) is 5.92 Å². The van der Waals surface area contributed by atoms with Crippen molar-refractivity contribution in [2.75, 3.05) is 6.54 Å². The van der Waals surface area contributed by atoms with Crippen molar-refractivity contribution < 1.29 is 9.90 Å². The van der Waals surface area contributed by atoms with E-state index >= 15 is 0 Å². The van der Waals surface area contributed by atoms with Gasteiger partial charge in [0, 0.05) is 6.04 Å². The second-order valence-corrected chi connectivity index (χ2v) is 6.65. The zero-order chi connectivity index (χ0) is 13.7. The van der Waals surface area contributed by atoms with Crippen molar-refractivity contribution in [3.8, 4) is 0 Å². The Balaban J connectivity index is 1.60. The highest BCUT2D eigenvalue weighted by Crippen LogP contribution is 2.31. The van der Waals surface area contributed by atoms with Gasteiger partial charge in [0.25, 0.3) is 0 Å². The lowest BCUT2D eigenvalue weighted by Gasteiger charge is -2.31. The maximum absolute atomic E-state index is 10.9. The molecule has 0 amide bonds. The van der Waals surface area contributed by atoms with Gasteiger partial charge in [-0.05, 0) is 50.5 Å². The van der Waals surface area contributed by atoms with E-state index in [4.69, 9.17) is 5.11 Å². The summed E-state index contributed by atoms with van der Waals surface area (Å²) in [6.07, 6.45) is 10.8. The summed E-state index contributed by atoms with van der Waals surface area (Å²) >= 11 is 0. The largest absolute Gasteiger partial charge is 0.481 e. The first kappa shape index (κ1) is 14.8. The molecule has 2 saturated carbocycles. The van der Waals surface area contributed by atoms with E-state index in [1.165, 1.54) is 32.1 Å². The highest BCUT2D eigenvalue weighted by molar-refractivity contribution is 5.70. The molecule has 0 aromatic carbocycles. The molecule has 3 nitrogen and oxygen atoms in total. The molecule has 2 unspecified atom stereocenters. The summed E-state index contributed by atoms with van der Waals surface area (Å²) in [5.74, 6) is 1.13. The summed E-state index contributed by atoms with van der Waals surface area (Å²) in [5.41, 5.74) is 0. The highest BCUT2D eigenvalue weighted by atomic mass is 16.4. The first-order chi connectivity index (χ1) is 9.16. The molecule has 0 heterocycles. The minimum Gasteiger partial charge on any atom is -0.481 e. The Bertz CT molecular complexity index is 284. The molecular formula is C16H29NO2. The van der Waals surface area contributed by atoms with Gasteiger partial charge in [-0.2, -0.15) is 0 Å². The van der Waals surface area contributed by atoms with E-state index in [9.17, 15) is 4.79 Å². The quantitative estimate of drug-likeness (QED) is 0.802. The third-order valence-corrected chi connectivity index (χ3v) is 5.31. The molecule has 2 aliphatic carbocycles. The summed E-state index contributed by atoms with van der Waals surface area (Å²) in [4.78, 5) is 10.9. The number of aliphatic carboxylic acids is 1. The van der Waals surface area contributed by atoms with Crippen LogP contribution in [0.15, 0.2) is 0 Å². The molecule has 2 atom stereocenters. The third kappa shape index (κ3) is 4.48. The standard InChI is InChI=1S/C16H29NO2/c1-12-4-2-3-5-13(12)10-11-17-15-8-6-14(7-9-15)16(18)19/h12-15,17H,2-11H2,1H3,(H,18,19). The zero-order valence-corrected chi connectivity index (χ0v) is 12.2. The van der Waals surface area contributed by atoms with E-state index in [0.29, 0.717) is 6.04 Å². The van der Waals surface area contributed by atoms with Gasteiger partial charge in [-0.1, -0.05) is 32.6 Å². The molecule has 0 spiro atoms. The topological polar surface area (TPSA) is 49.3 Å². The van der Waals surface area contributed by atoms with Crippen LogP contribution in [0.4, 0.5) is 0 Å². The molecule has 110 valence electrons. The number of carbonyl (C=O) groups is 1. The Morgan fingerprint density at radius 3 is 2.42 bits per heavy atom. The van der Waals surface area contributed by atoms with Crippen LogP contribution in [0.3, 0.4) is 0 Å². The Morgan fingerprint density at radius 2 is 1.79 bits per heavy atom. The average molecular weight is 267 g/mol. The molecule has 0 aliphatic heterocycles. The van der Waals surface area contributed by atoms with Crippen molar-refractivity contribution in [3.63, 3.8) is 0 Å². The predicted molar refractivity (Wildman–Crippen MR) is 77.1 cm³/mol. The van der Waals surface area contributed by atoms with Gasteiger partial charge in [0.2, 0.25) is 0 Å². The average Bonchev–Trinajstić information content (AvgIpc) is 2.41. The number of rotatable bonds is 5. The molecular weight excluding hydrogens is 238 g/mol. The van der Waals surface area contributed by atoms with Crippen LogP contribution in [0.5, 0.6) is 0 Å². The van der Waals surface area contributed by atoms with Crippen LogP contribution in [0.1, 0.15) is 64.7 Å². The number of carboxylic acid groups (broad SMARTS) is 1. The lowest BCUT2D eigenvalue weighted by Crippen LogP contribution is -2.36. The maximum Gasteiger partial charge on any atom is 0.306 e. The van der Waals surface area contributed by atoms with Gasteiger partial charge in [-0.15, -0.1) is 0 Å². The van der Waals surface area contributed by atoms with Crippen LogP contribution in [-0.4, -0.2) is 23.7 Å². The minimum absolute atomic E-state index is 0.0867. The van der Waals surface area contributed by atoms with Crippen LogP contribution < -0.4 is 5.32 Å². The molecule has 0 aromatic rings. The summed E-state index contributed by atoms with van der Waals surface area (Å²) in [7, 11) is 0. The molecule has 2 rings (SSSR count). The molecule has 0 radical (unpaired) electrons. The number of hydrogen-bond donors (Lipinski definition) is 2. The molecule has 2 N–H and O–H groups in total. The van der Waals surface area contributed by atoms with Gasteiger partial charge >= 0.3 is 5.97 Å². The summed E-state index contributed by atoms with van der Waals surface area (Å²) in [6.45, 7) is 3.53. The van der Waals surface area contributed by atoms with Crippen LogP contribution >= 0.6 is 0 Å². The van der Waals surface area contributed by atoms with Crippen LogP contribution in [0.2, 0.25) is 0 Å². The molecule has 3 heteroatoms. The predicted octanol–water partition coefficient (Wildman–Crippen LogP) is 3.44. The summed E-state index contributed by atoms with van der Waals surface area (Å²) < 4.78 is 0. The van der Waals surface area contributed by atoms with E-state index in [1.54, 1.807) is 0 Å². The molecule has 0 saturated heterocycles. The number of hydrogen-bond acceptors (Lipinski definition) is 2. The second kappa shape index (κ2) is 7.28. The summed E-state index contributed by atoms with van der Waals surface area (Å²) in [5, 5.41) is 12.6. The molecule has 2 aliphatic rings. The fourth-order valence-electron chi connectivity index (χ4n) is 3.84. The van der Waals surface area contributed by atoms with Crippen LogP contribution in [-0.2, 0) is 4.79 Å². The maximum atomic E-state index is 10.9. The molecule has 19 heavy (non-hydrogen) atoms. The van der Waals surface area contributed by atoms with Crippen molar-refractivity contribution in [2.24, 2.45) is 17.8 Å².